The Hall–Kier alpha value is -2.17. The summed E-state index contributed by atoms with van der Waals surface area (Å²) < 4.78 is 0. The average molecular weight is 310 g/mol. The van der Waals surface area contributed by atoms with Crippen LogP contribution in [-0.2, 0) is 13.0 Å². The van der Waals surface area contributed by atoms with Gasteiger partial charge in [0.2, 0.25) is 0 Å². The molecule has 2 aromatic carbocycles. The maximum absolute atomic E-state index is 11.1. The summed E-state index contributed by atoms with van der Waals surface area (Å²) in [5.74, 6) is -0.868. The Morgan fingerprint density at radius 1 is 1.13 bits per heavy atom. The van der Waals surface area contributed by atoms with Gasteiger partial charge in [-0.05, 0) is 29.7 Å². The van der Waals surface area contributed by atoms with Crippen LogP contribution in [0.15, 0.2) is 54.6 Å². The molecule has 2 aromatic rings. The first-order valence-corrected chi connectivity index (χ1v) is 8.03. The molecule has 23 heavy (non-hydrogen) atoms. The number of nitrogens with one attached hydrogen (secondary N) is 1. The van der Waals surface area contributed by atoms with E-state index in [1.54, 1.807) is 12.1 Å². The van der Waals surface area contributed by atoms with Gasteiger partial charge in [0.15, 0.2) is 0 Å². The molecule has 1 aliphatic heterocycles. The standard InChI is InChI=1S/C19H22N2O2/c22-19(23)17-8-4-7-16(11-17)14-21-10-9-20-13-18(21)12-15-5-2-1-3-6-15/h1-8,11,18,20H,9-10,12-14H2,(H,22,23)/t18-/m0/s1. The fraction of sp³-hybridized carbons (Fsp3) is 0.316. The predicted molar refractivity (Wildman–Crippen MR) is 90.6 cm³/mol. The van der Waals surface area contributed by atoms with E-state index in [1.807, 2.05) is 18.2 Å². The van der Waals surface area contributed by atoms with E-state index in [4.69, 9.17) is 5.11 Å². The van der Waals surface area contributed by atoms with Gasteiger partial charge >= 0.3 is 5.97 Å². The number of carboxylic acids is 1. The van der Waals surface area contributed by atoms with Gasteiger partial charge in [0.05, 0.1) is 5.56 Å². The number of nitrogens with zero attached hydrogens (tertiary/aromatic N) is 1. The Bertz CT molecular complexity index is 657. The fourth-order valence-corrected chi connectivity index (χ4v) is 3.14. The summed E-state index contributed by atoms with van der Waals surface area (Å²) in [5, 5.41) is 12.6. The van der Waals surface area contributed by atoms with E-state index in [0.29, 0.717) is 11.6 Å². The molecule has 0 aromatic heterocycles. The second kappa shape index (κ2) is 7.40. The Morgan fingerprint density at radius 2 is 1.91 bits per heavy atom. The number of aromatic carboxylic acids is 1. The zero-order chi connectivity index (χ0) is 16.1. The van der Waals surface area contributed by atoms with Crippen molar-refractivity contribution in [3.63, 3.8) is 0 Å². The summed E-state index contributed by atoms with van der Waals surface area (Å²) in [4.78, 5) is 13.6. The number of hydrogen-bond donors (Lipinski definition) is 2. The molecule has 120 valence electrons. The third-order valence-corrected chi connectivity index (χ3v) is 4.35. The van der Waals surface area contributed by atoms with E-state index in [-0.39, 0.29) is 0 Å². The number of benzene rings is 2. The Morgan fingerprint density at radius 3 is 2.70 bits per heavy atom. The van der Waals surface area contributed by atoms with Crippen molar-refractivity contribution >= 4 is 5.97 Å². The summed E-state index contributed by atoms with van der Waals surface area (Å²) in [5.41, 5.74) is 2.76. The molecule has 1 aliphatic rings. The highest BCUT2D eigenvalue weighted by Gasteiger charge is 2.22. The first kappa shape index (κ1) is 15.7. The zero-order valence-electron chi connectivity index (χ0n) is 13.1. The van der Waals surface area contributed by atoms with E-state index in [0.717, 1.165) is 38.2 Å². The lowest BCUT2D eigenvalue weighted by Crippen LogP contribution is -2.51. The quantitative estimate of drug-likeness (QED) is 0.890. The molecule has 1 atom stereocenters. The van der Waals surface area contributed by atoms with Gasteiger partial charge in [-0.3, -0.25) is 4.90 Å². The van der Waals surface area contributed by atoms with Crippen LogP contribution < -0.4 is 5.32 Å². The molecule has 4 nitrogen and oxygen atoms in total. The molecule has 0 bridgehead atoms. The lowest BCUT2D eigenvalue weighted by atomic mass is 10.0. The fourth-order valence-electron chi connectivity index (χ4n) is 3.14. The van der Waals surface area contributed by atoms with Gasteiger partial charge < -0.3 is 10.4 Å². The minimum atomic E-state index is -0.868. The van der Waals surface area contributed by atoms with Crippen LogP contribution >= 0.6 is 0 Å². The summed E-state index contributed by atoms with van der Waals surface area (Å²) in [6, 6.07) is 18.2. The highest BCUT2D eigenvalue weighted by Crippen LogP contribution is 2.15. The SMILES string of the molecule is O=C(O)c1cccc(CN2CCNC[C@@H]2Cc2ccccc2)c1. The molecule has 0 amide bonds. The summed E-state index contributed by atoms with van der Waals surface area (Å²) in [7, 11) is 0. The monoisotopic (exact) mass is 310 g/mol. The summed E-state index contributed by atoms with van der Waals surface area (Å²) in [6.45, 7) is 3.71. The van der Waals surface area contributed by atoms with Crippen LogP contribution in [0.25, 0.3) is 0 Å². The van der Waals surface area contributed by atoms with Gasteiger partial charge in [-0.2, -0.15) is 0 Å². The van der Waals surface area contributed by atoms with Crippen LogP contribution in [0.5, 0.6) is 0 Å². The molecule has 0 aliphatic carbocycles. The lowest BCUT2D eigenvalue weighted by molar-refractivity contribution is 0.0696. The van der Waals surface area contributed by atoms with Crippen molar-refractivity contribution in [2.24, 2.45) is 0 Å². The van der Waals surface area contributed by atoms with E-state index in [9.17, 15) is 4.79 Å². The van der Waals surface area contributed by atoms with E-state index in [1.165, 1.54) is 5.56 Å². The molecule has 1 saturated heterocycles. The number of carbonyl (C=O) groups is 1. The van der Waals surface area contributed by atoms with Crippen molar-refractivity contribution in [2.75, 3.05) is 19.6 Å². The molecule has 1 heterocycles. The molecule has 1 fully saturated rings. The third kappa shape index (κ3) is 4.18. The molecule has 0 radical (unpaired) electrons. The van der Waals surface area contributed by atoms with Crippen molar-refractivity contribution in [3.8, 4) is 0 Å². The molecule has 3 rings (SSSR count). The second-order valence-electron chi connectivity index (χ2n) is 6.02. The maximum atomic E-state index is 11.1. The first-order chi connectivity index (χ1) is 11.2. The molecule has 0 unspecified atom stereocenters. The number of hydrogen-bond acceptors (Lipinski definition) is 3. The van der Waals surface area contributed by atoms with Crippen LogP contribution in [0.1, 0.15) is 21.5 Å². The molecule has 2 N–H and O–H groups in total. The van der Waals surface area contributed by atoms with E-state index >= 15 is 0 Å². The largest absolute Gasteiger partial charge is 0.478 e. The number of rotatable bonds is 5. The van der Waals surface area contributed by atoms with Crippen molar-refractivity contribution < 1.29 is 9.90 Å². The van der Waals surface area contributed by atoms with Crippen LogP contribution in [-0.4, -0.2) is 41.7 Å². The van der Waals surface area contributed by atoms with Crippen LogP contribution in [0, 0.1) is 0 Å². The van der Waals surface area contributed by atoms with Crippen molar-refractivity contribution in [1.29, 1.82) is 0 Å². The lowest BCUT2D eigenvalue weighted by Gasteiger charge is -2.36. The highest BCUT2D eigenvalue weighted by atomic mass is 16.4. The van der Waals surface area contributed by atoms with Crippen LogP contribution in [0.3, 0.4) is 0 Å². The van der Waals surface area contributed by atoms with Crippen LogP contribution in [0.2, 0.25) is 0 Å². The number of carboxylic acid groups (broad SMARTS) is 1. The van der Waals surface area contributed by atoms with Crippen molar-refractivity contribution in [3.05, 3.63) is 71.3 Å². The molecule has 0 spiro atoms. The molecule has 0 saturated carbocycles. The van der Waals surface area contributed by atoms with Gasteiger partial charge in [0.1, 0.15) is 0 Å². The van der Waals surface area contributed by atoms with E-state index in [2.05, 4.69) is 34.5 Å². The number of piperazine rings is 1. The Labute approximate surface area is 136 Å². The van der Waals surface area contributed by atoms with E-state index < -0.39 is 5.97 Å². The summed E-state index contributed by atoms with van der Waals surface area (Å²) >= 11 is 0. The van der Waals surface area contributed by atoms with Gasteiger partial charge in [-0.25, -0.2) is 4.79 Å². The van der Waals surface area contributed by atoms with Crippen molar-refractivity contribution in [2.45, 2.75) is 19.0 Å². The van der Waals surface area contributed by atoms with Gasteiger partial charge in [-0.15, -0.1) is 0 Å². The van der Waals surface area contributed by atoms with Crippen molar-refractivity contribution in [1.82, 2.24) is 10.2 Å². The Kier molecular flexibility index (Phi) is 5.05. The van der Waals surface area contributed by atoms with Gasteiger partial charge in [0, 0.05) is 32.2 Å². The first-order valence-electron chi connectivity index (χ1n) is 8.03. The third-order valence-electron chi connectivity index (χ3n) is 4.35. The second-order valence-corrected chi connectivity index (χ2v) is 6.02. The highest BCUT2D eigenvalue weighted by molar-refractivity contribution is 5.87. The Balaban J connectivity index is 1.71. The molecular formula is C19H22N2O2. The topological polar surface area (TPSA) is 52.6 Å². The average Bonchev–Trinajstić information content (AvgIpc) is 2.58. The molecular weight excluding hydrogens is 288 g/mol. The molecule has 4 heteroatoms. The zero-order valence-corrected chi connectivity index (χ0v) is 13.1. The minimum absolute atomic E-state index is 0.359. The maximum Gasteiger partial charge on any atom is 0.335 e. The normalized spacial score (nSPS) is 18.7. The van der Waals surface area contributed by atoms with Gasteiger partial charge in [-0.1, -0.05) is 42.5 Å². The smallest absolute Gasteiger partial charge is 0.335 e. The predicted octanol–water partition coefficient (Wildman–Crippen LogP) is 2.40. The minimum Gasteiger partial charge on any atom is -0.478 e. The van der Waals surface area contributed by atoms with Gasteiger partial charge in [0.25, 0.3) is 0 Å². The van der Waals surface area contributed by atoms with Crippen LogP contribution in [0.4, 0.5) is 0 Å². The summed E-state index contributed by atoms with van der Waals surface area (Å²) in [6.07, 6.45) is 1.01.